The highest BCUT2D eigenvalue weighted by molar-refractivity contribution is 7.12. The number of likely N-dealkylation sites (N-methyl/N-ethyl adjacent to an activating group) is 2. The van der Waals surface area contributed by atoms with Crippen LogP contribution in [-0.4, -0.2) is 49.6 Å². The number of aryl methyl sites for hydroxylation is 1. The van der Waals surface area contributed by atoms with Crippen LogP contribution in [0.25, 0.3) is 0 Å². The van der Waals surface area contributed by atoms with Gasteiger partial charge in [0.25, 0.3) is 0 Å². The summed E-state index contributed by atoms with van der Waals surface area (Å²) in [6.07, 6.45) is 2.72. The molecule has 0 saturated carbocycles. The van der Waals surface area contributed by atoms with E-state index < -0.39 is 0 Å². The molecule has 1 aromatic rings. The Hall–Kier alpha value is -0.420. The van der Waals surface area contributed by atoms with Crippen LogP contribution >= 0.6 is 11.3 Å². The van der Waals surface area contributed by atoms with Crippen LogP contribution in [0.15, 0.2) is 6.07 Å². The van der Waals surface area contributed by atoms with Crippen LogP contribution in [0.5, 0.6) is 0 Å². The third-order valence-electron chi connectivity index (χ3n) is 4.26. The molecule has 20 heavy (non-hydrogen) atoms. The number of rotatable bonds is 7. The third kappa shape index (κ3) is 4.29. The van der Waals surface area contributed by atoms with E-state index in [0.717, 1.165) is 25.7 Å². The summed E-state index contributed by atoms with van der Waals surface area (Å²) >= 11 is 1.94. The highest BCUT2D eigenvalue weighted by Crippen LogP contribution is 2.23. The average Bonchev–Trinajstić information content (AvgIpc) is 2.95. The van der Waals surface area contributed by atoms with Crippen molar-refractivity contribution in [3.05, 3.63) is 21.4 Å². The summed E-state index contributed by atoms with van der Waals surface area (Å²) in [6, 6.07) is 3.14. The van der Waals surface area contributed by atoms with E-state index in [2.05, 4.69) is 49.1 Å². The molecule has 2 rings (SSSR count). The maximum absolute atomic E-state index is 3.41. The van der Waals surface area contributed by atoms with Crippen LogP contribution in [0, 0.1) is 6.92 Å². The van der Waals surface area contributed by atoms with Gasteiger partial charge in [-0.15, -0.1) is 11.3 Å². The van der Waals surface area contributed by atoms with Crippen molar-refractivity contribution in [1.29, 1.82) is 0 Å². The van der Waals surface area contributed by atoms with Crippen LogP contribution < -0.4 is 5.32 Å². The van der Waals surface area contributed by atoms with Crippen molar-refractivity contribution in [3.63, 3.8) is 0 Å². The van der Waals surface area contributed by atoms with Gasteiger partial charge in [0.15, 0.2) is 0 Å². The molecule has 1 saturated heterocycles. The Morgan fingerprint density at radius 2 is 2.30 bits per heavy atom. The predicted molar refractivity (Wildman–Crippen MR) is 88.4 cm³/mol. The molecule has 0 radical (unpaired) electrons. The van der Waals surface area contributed by atoms with Crippen molar-refractivity contribution >= 4 is 11.3 Å². The number of hydrogen-bond donors (Lipinski definition) is 1. The van der Waals surface area contributed by atoms with Crippen LogP contribution in [-0.2, 0) is 13.1 Å². The van der Waals surface area contributed by atoms with E-state index in [4.69, 9.17) is 0 Å². The summed E-state index contributed by atoms with van der Waals surface area (Å²) in [4.78, 5) is 7.93. The van der Waals surface area contributed by atoms with Crippen LogP contribution in [0.1, 0.15) is 35.1 Å². The normalized spacial score (nSPS) is 20.1. The minimum Gasteiger partial charge on any atom is -0.312 e. The zero-order chi connectivity index (χ0) is 14.5. The maximum Gasteiger partial charge on any atom is 0.0299 e. The number of nitrogens with zero attached hydrogens (tertiary/aromatic N) is 2. The van der Waals surface area contributed by atoms with E-state index in [1.165, 1.54) is 41.2 Å². The van der Waals surface area contributed by atoms with Crippen molar-refractivity contribution in [3.8, 4) is 0 Å². The Kier molecular flexibility index (Phi) is 6.02. The van der Waals surface area contributed by atoms with E-state index in [1.807, 2.05) is 11.3 Å². The fourth-order valence-electron chi connectivity index (χ4n) is 3.00. The van der Waals surface area contributed by atoms with Gasteiger partial charge in [-0.25, -0.2) is 0 Å². The summed E-state index contributed by atoms with van der Waals surface area (Å²) in [7, 11) is 4.52. The van der Waals surface area contributed by atoms with Crippen LogP contribution in [0.3, 0.4) is 0 Å². The predicted octanol–water partition coefficient (Wildman–Crippen LogP) is 2.69. The molecule has 0 aliphatic carbocycles. The smallest absolute Gasteiger partial charge is 0.0299 e. The van der Waals surface area contributed by atoms with Gasteiger partial charge >= 0.3 is 0 Å². The SMILES string of the molecule is CCNCc1cc(CN(C)CC2CCCN2C)c(C)s1. The molecule has 1 atom stereocenters. The maximum atomic E-state index is 3.41. The summed E-state index contributed by atoms with van der Waals surface area (Å²) in [5, 5.41) is 3.41. The Bertz CT molecular complexity index is 416. The molecule has 1 aromatic heterocycles. The molecule has 0 spiro atoms. The Morgan fingerprint density at radius 1 is 1.50 bits per heavy atom. The molecule has 1 aliphatic rings. The standard InChI is InChI=1S/C16H29N3S/c1-5-17-10-16-9-14(13(2)20-16)11-18(3)12-15-7-6-8-19(15)4/h9,15,17H,5-8,10-12H2,1-4H3. The molecule has 0 aromatic carbocycles. The molecule has 0 bridgehead atoms. The summed E-state index contributed by atoms with van der Waals surface area (Å²) in [5.41, 5.74) is 1.51. The zero-order valence-electron chi connectivity index (χ0n) is 13.4. The molecule has 0 amide bonds. The molecule has 1 unspecified atom stereocenters. The van der Waals surface area contributed by atoms with Crippen molar-refractivity contribution < 1.29 is 0 Å². The van der Waals surface area contributed by atoms with E-state index >= 15 is 0 Å². The topological polar surface area (TPSA) is 18.5 Å². The molecule has 2 heterocycles. The van der Waals surface area contributed by atoms with Gasteiger partial charge in [0.2, 0.25) is 0 Å². The van der Waals surface area contributed by atoms with Gasteiger partial charge < -0.3 is 15.1 Å². The van der Waals surface area contributed by atoms with E-state index in [9.17, 15) is 0 Å². The largest absolute Gasteiger partial charge is 0.312 e. The first kappa shape index (κ1) is 16.0. The molecule has 4 heteroatoms. The van der Waals surface area contributed by atoms with Gasteiger partial charge in [0.1, 0.15) is 0 Å². The molecule has 1 aliphatic heterocycles. The lowest BCUT2D eigenvalue weighted by Crippen LogP contribution is -2.36. The fraction of sp³-hybridized carbons (Fsp3) is 0.750. The second kappa shape index (κ2) is 7.55. The van der Waals surface area contributed by atoms with Crippen LogP contribution in [0.2, 0.25) is 0 Å². The second-order valence-corrected chi connectivity index (χ2v) is 7.39. The van der Waals surface area contributed by atoms with Crippen molar-refractivity contribution in [2.45, 2.75) is 45.8 Å². The first-order chi connectivity index (χ1) is 9.60. The molecular weight excluding hydrogens is 266 g/mol. The molecule has 114 valence electrons. The molecule has 1 N–H and O–H groups in total. The highest BCUT2D eigenvalue weighted by Gasteiger charge is 2.22. The minimum atomic E-state index is 0.750. The molecule has 3 nitrogen and oxygen atoms in total. The average molecular weight is 295 g/mol. The van der Waals surface area contributed by atoms with E-state index in [-0.39, 0.29) is 0 Å². The van der Waals surface area contributed by atoms with Gasteiger partial charge in [0.05, 0.1) is 0 Å². The Morgan fingerprint density at radius 3 is 2.95 bits per heavy atom. The third-order valence-corrected chi connectivity index (χ3v) is 5.35. The Labute approximate surface area is 128 Å². The first-order valence-electron chi connectivity index (χ1n) is 7.77. The van der Waals surface area contributed by atoms with Crippen molar-refractivity contribution in [2.24, 2.45) is 0 Å². The van der Waals surface area contributed by atoms with Gasteiger partial charge in [0, 0.05) is 35.4 Å². The number of nitrogens with one attached hydrogen (secondary N) is 1. The number of thiophene rings is 1. The minimum absolute atomic E-state index is 0.750. The highest BCUT2D eigenvalue weighted by atomic mass is 32.1. The quantitative estimate of drug-likeness (QED) is 0.834. The molecule has 1 fully saturated rings. The lowest BCUT2D eigenvalue weighted by Gasteiger charge is -2.25. The first-order valence-corrected chi connectivity index (χ1v) is 8.59. The summed E-state index contributed by atoms with van der Waals surface area (Å²) < 4.78 is 0. The zero-order valence-corrected chi connectivity index (χ0v) is 14.2. The summed E-state index contributed by atoms with van der Waals surface area (Å²) in [6.45, 7) is 10.0. The van der Waals surface area contributed by atoms with Gasteiger partial charge in [-0.05, 0) is 58.6 Å². The van der Waals surface area contributed by atoms with Crippen LogP contribution in [0.4, 0.5) is 0 Å². The second-order valence-electron chi connectivity index (χ2n) is 6.05. The van der Waals surface area contributed by atoms with Crippen molar-refractivity contribution in [2.75, 3.05) is 33.7 Å². The van der Waals surface area contributed by atoms with Crippen molar-refractivity contribution in [1.82, 2.24) is 15.1 Å². The van der Waals surface area contributed by atoms with Gasteiger partial charge in [-0.2, -0.15) is 0 Å². The summed E-state index contributed by atoms with van der Waals surface area (Å²) in [5.74, 6) is 0. The fourth-order valence-corrected chi connectivity index (χ4v) is 4.03. The van der Waals surface area contributed by atoms with Gasteiger partial charge in [-0.1, -0.05) is 6.92 Å². The Balaban J connectivity index is 1.86. The van der Waals surface area contributed by atoms with E-state index in [1.54, 1.807) is 0 Å². The number of hydrogen-bond acceptors (Lipinski definition) is 4. The number of likely N-dealkylation sites (tertiary alicyclic amines) is 1. The monoisotopic (exact) mass is 295 g/mol. The lowest BCUT2D eigenvalue weighted by atomic mass is 10.2. The lowest BCUT2D eigenvalue weighted by molar-refractivity contribution is 0.215. The van der Waals surface area contributed by atoms with Gasteiger partial charge in [-0.3, -0.25) is 0 Å². The van der Waals surface area contributed by atoms with E-state index in [0.29, 0.717) is 0 Å². The molecular formula is C16H29N3S.